The number of methoxy groups -OCH3 is 1. The summed E-state index contributed by atoms with van der Waals surface area (Å²) in [6, 6.07) is 5.24. The molecule has 1 aliphatic rings. The maximum absolute atomic E-state index is 10.7. The van der Waals surface area contributed by atoms with Crippen LogP contribution in [0.2, 0.25) is 10.0 Å². The topological polar surface area (TPSA) is 32.7 Å². The lowest BCUT2D eigenvalue weighted by molar-refractivity contribution is 0.0428. The molecule has 0 saturated carbocycles. The fourth-order valence-electron chi connectivity index (χ4n) is 2.34. The fourth-order valence-corrected chi connectivity index (χ4v) is 2.87. The number of benzene rings is 1. The Morgan fingerprint density at radius 2 is 2.00 bits per heavy atom. The summed E-state index contributed by atoms with van der Waals surface area (Å²) < 4.78 is 5.05. The van der Waals surface area contributed by atoms with Crippen molar-refractivity contribution in [2.24, 2.45) is 0 Å². The summed E-state index contributed by atoms with van der Waals surface area (Å²) in [7, 11) is 1.68. The second kappa shape index (κ2) is 5.76. The van der Waals surface area contributed by atoms with Crippen LogP contribution < -0.4 is 0 Å². The van der Waals surface area contributed by atoms with E-state index in [1.165, 1.54) is 0 Å². The third-order valence-electron chi connectivity index (χ3n) is 3.34. The molecule has 2 rings (SSSR count). The Morgan fingerprint density at radius 1 is 1.33 bits per heavy atom. The molecule has 3 nitrogen and oxygen atoms in total. The van der Waals surface area contributed by atoms with Crippen molar-refractivity contribution in [3.63, 3.8) is 0 Å². The molecule has 0 aliphatic carbocycles. The summed E-state index contributed by atoms with van der Waals surface area (Å²) in [5.74, 6) is 0. The van der Waals surface area contributed by atoms with Gasteiger partial charge in [-0.1, -0.05) is 23.2 Å². The van der Waals surface area contributed by atoms with Gasteiger partial charge in [0, 0.05) is 36.8 Å². The van der Waals surface area contributed by atoms with Gasteiger partial charge in [0.25, 0.3) is 0 Å². The summed E-state index contributed by atoms with van der Waals surface area (Å²) in [5.41, 5.74) is -0.0673. The van der Waals surface area contributed by atoms with Crippen LogP contribution in [0.4, 0.5) is 0 Å². The molecular weight excluding hydrogens is 273 g/mol. The minimum atomic E-state index is -0.859. The monoisotopic (exact) mass is 289 g/mol. The van der Waals surface area contributed by atoms with Crippen LogP contribution in [-0.4, -0.2) is 43.4 Å². The molecule has 18 heavy (non-hydrogen) atoms. The smallest absolute Gasteiger partial charge is 0.104 e. The van der Waals surface area contributed by atoms with E-state index in [9.17, 15) is 5.11 Å². The van der Waals surface area contributed by atoms with Gasteiger partial charge in [-0.15, -0.1) is 0 Å². The van der Waals surface area contributed by atoms with E-state index in [2.05, 4.69) is 4.90 Å². The summed E-state index contributed by atoms with van der Waals surface area (Å²) in [6.45, 7) is 2.94. The first-order valence-electron chi connectivity index (χ1n) is 5.94. The maximum Gasteiger partial charge on any atom is 0.104 e. The Balaban J connectivity index is 2.12. The Kier molecular flexibility index (Phi) is 4.51. The average Bonchev–Trinajstić information content (AvgIpc) is 2.69. The zero-order valence-electron chi connectivity index (χ0n) is 10.3. The molecule has 1 aromatic carbocycles. The number of aliphatic hydroxyl groups is 1. The third kappa shape index (κ3) is 3.16. The Bertz CT molecular complexity index is 407. The molecule has 100 valence electrons. The maximum atomic E-state index is 10.7. The van der Waals surface area contributed by atoms with Gasteiger partial charge in [-0.25, -0.2) is 0 Å². The molecular formula is C13H17Cl2NO2. The van der Waals surface area contributed by atoms with Gasteiger partial charge in [-0.2, -0.15) is 0 Å². The first kappa shape index (κ1) is 14.1. The van der Waals surface area contributed by atoms with Gasteiger partial charge in [-0.3, -0.25) is 4.90 Å². The predicted octanol–water partition coefficient (Wildman–Crippen LogP) is 2.53. The fraction of sp³-hybridized carbons (Fsp3) is 0.538. The highest BCUT2D eigenvalue weighted by atomic mass is 35.5. The van der Waals surface area contributed by atoms with Crippen LogP contribution in [0.15, 0.2) is 18.2 Å². The summed E-state index contributed by atoms with van der Waals surface area (Å²) in [6.07, 6.45) is 0.688. The molecule has 0 amide bonds. The average molecular weight is 290 g/mol. The number of rotatable bonds is 4. The summed E-state index contributed by atoms with van der Waals surface area (Å²) in [4.78, 5) is 2.18. The molecule has 1 saturated heterocycles. The Morgan fingerprint density at radius 3 is 2.61 bits per heavy atom. The molecule has 0 spiro atoms. The second-order valence-electron chi connectivity index (χ2n) is 4.71. The zero-order chi connectivity index (χ0) is 13.2. The van der Waals surface area contributed by atoms with Crippen molar-refractivity contribution < 1.29 is 9.84 Å². The van der Waals surface area contributed by atoms with E-state index in [-0.39, 0.29) is 0 Å². The minimum Gasteiger partial charge on any atom is -0.384 e. The van der Waals surface area contributed by atoms with Crippen molar-refractivity contribution in [1.29, 1.82) is 0 Å². The van der Waals surface area contributed by atoms with Gasteiger partial charge < -0.3 is 9.84 Å². The number of nitrogens with zero attached hydrogens (tertiary/aromatic N) is 1. The summed E-state index contributed by atoms with van der Waals surface area (Å²) in [5, 5.41) is 11.8. The van der Waals surface area contributed by atoms with E-state index in [1.54, 1.807) is 25.3 Å². The van der Waals surface area contributed by atoms with E-state index in [4.69, 9.17) is 27.9 Å². The van der Waals surface area contributed by atoms with Crippen molar-refractivity contribution in [1.82, 2.24) is 4.90 Å². The highest BCUT2D eigenvalue weighted by Gasteiger charge is 2.37. The molecule has 1 aromatic rings. The highest BCUT2D eigenvalue weighted by molar-refractivity contribution is 6.34. The molecule has 5 heteroatoms. The van der Waals surface area contributed by atoms with Crippen molar-refractivity contribution in [3.05, 3.63) is 33.8 Å². The van der Waals surface area contributed by atoms with Crippen LogP contribution in [-0.2, 0) is 10.3 Å². The molecule has 1 N–H and O–H groups in total. The minimum absolute atomic E-state index is 0.557. The van der Waals surface area contributed by atoms with Crippen LogP contribution >= 0.6 is 23.2 Å². The first-order valence-corrected chi connectivity index (χ1v) is 6.69. The normalized spacial score (nSPS) is 24.7. The zero-order valence-corrected chi connectivity index (χ0v) is 11.8. The van der Waals surface area contributed by atoms with Crippen LogP contribution in [0.25, 0.3) is 0 Å². The molecule has 1 heterocycles. The molecule has 0 aromatic heterocycles. The SMILES string of the molecule is COCCN1CCC(O)(c2cc(Cl)cc(Cl)c2)C1. The van der Waals surface area contributed by atoms with Crippen LogP contribution in [0.1, 0.15) is 12.0 Å². The molecule has 1 aliphatic heterocycles. The largest absolute Gasteiger partial charge is 0.384 e. The van der Waals surface area contributed by atoms with Crippen molar-refractivity contribution >= 4 is 23.2 Å². The van der Waals surface area contributed by atoms with Gasteiger partial charge in [0.1, 0.15) is 5.60 Å². The number of hydrogen-bond acceptors (Lipinski definition) is 3. The van der Waals surface area contributed by atoms with E-state index in [0.29, 0.717) is 29.6 Å². The van der Waals surface area contributed by atoms with Crippen LogP contribution in [0.5, 0.6) is 0 Å². The van der Waals surface area contributed by atoms with Gasteiger partial charge >= 0.3 is 0 Å². The molecule has 1 atom stereocenters. The van der Waals surface area contributed by atoms with E-state index in [1.807, 2.05) is 0 Å². The molecule has 1 unspecified atom stereocenters. The van der Waals surface area contributed by atoms with Gasteiger partial charge in [0.05, 0.1) is 6.61 Å². The number of halogens is 2. The van der Waals surface area contributed by atoms with E-state index >= 15 is 0 Å². The van der Waals surface area contributed by atoms with Gasteiger partial charge in [0.15, 0.2) is 0 Å². The number of hydrogen-bond donors (Lipinski definition) is 1. The quantitative estimate of drug-likeness (QED) is 0.925. The second-order valence-corrected chi connectivity index (χ2v) is 5.58. The van der Waals surface area contributed by atoms with E-state index < -0.39 is 5.60 Å². The number of ether oxygens (including phenoxy) is 1. The van der Waals surface area contributed by atoms with E-state index in [0.717, 1.165) is 18.7 Å². The van der Waals surface area contributed by atoms with Crippen molar-refractivity contribution in [2.45, 2.75) is 12.0 Å². The standard InChI is InChI=1S/C13H17Cl2NO2/c1-18-5-4-16-3-2-13(17,9-16)10-6-11(14)8-12(15)7-10/h6-8,17H,2-5,9H2,1H3. The lowest BCUT2D eigenvalue weighted by Gasteiger charge is -2.24. The lowest BCUT2D eigenvalue weighted by atomic mass is 9.93. The lowest BCUT2D eigenvalue weighted by Crippen LogP contribution is -2.32. The van der Waals surface area contributed by atoms with Crippen molar-refractivity contribution in [2.75, 3.05) is 33.4 Å². The number of likely N-dealkylation sites (tertiary alicyclic amines) is 1. The van der Waals surface area contributed by atoms with Crippen LogP contribution in [0, 0.1) is 0 Å². The highest BCUT2D eigenvalue weighted by Crippen LogP contribution is 2.34. The Labute approximate surface area is 117 Å². The first-order chi connectivity index (χ1) is 8.53. The third-order valence-corrected chi connectivity index (χ3v) is 3.77. The molecule has 1 fully saturated rings. The van der Waals surface area contributed by atoms with Gasteiger partial charge in [0.2, 0.25) is 0 Å². The predicted molar refractivity (Wildman–Crippen MR) is 73.3 cm³/mol. The number of β-amino-alcohol motifs (C(OH)–C–C–N with tert-alkyl or cyclic N) is 1. The Hall–Kier alpha value is -0.320. The van der Waals surface area contributed by atoms with Crippen molar-refractivity contribution in [3.8, 4) is 0 Å². The summed E-state index contributed by atoms with van der Waals surface area (Å²) >= 11 is 12.0. The van der Waals surface area contributed by atoms with Crippen LogP contribution in [0.3, 0.4) is 0 Å². The van der Waals surface area contributed by atoms with Gasteiger partial charge in [-0.05, 0) is 30.2 Å². The molecule has 0 radical (unpaired) electrons. The molecule has 0 bridgehead atoms.